The van der Waals surface area contributed by atoms with Crippen LogP contribution in [-0.4, -0.2) is 34.5 Å². The Labute approximate surface area is 124 Å². The second-order valence-corrected chi connectivity index (χ2v) is 6.14. The maximum absolute atomic E-state index is 11.0. The number of hydrogen-bond donors (Lipinski definition) is 0. The van der Waals surface area contributed by atoms with Gasteiger partial charge in [0.25, 0.3) is 5.69 Å². The van der Waals surface area contributed by atoms with Gasteiger partial charge in [0, 0.05) is 29.8 Å². The first-order valence-corrected chi connectivity index (χ1v) is 7.47. The predicted octanol–water partition coefficient (Wildman–Crippen LogP) is 3.20. The molecule has 0 spiro atoms. The molecule has 1 aromatic carbocycles. The maximum Gasteiger partial charge on any atom is 0.271 e. The van der Waals surface area contributed by atoms with Gasteiger partial charge in [0.15, 0.2) is 0 Å². The molecule has 1 aliphatic heterocycles. The van der Waals surface area contributed by atoms with Crippen molar-refractivity contribution in [1.82, 2.24) is 9.47 Å². The van der Waals surface area contributed by atoms with Crippen LogP contribution in [0.2, 0.25) is 0 Å². The molecule has 3 rings (SSSR count). The standard InChI is InChI=1S/C16H21N3O2/c1-12-9-14-3-4-15(19(20)21)10-16(14)18(12)11-13-5-7-17(2)8-6-13/h3-4,9-10,13H,5-8,11H2,1-2H3. The Balaban J connectivity index is 1.91. The van der Waals surface area contributed by atoms with Crippen molar-refractivity contribution in [3.05, 3.63) is 40.1 Å². The highest BCUT2D eigenvalue weighted by molar-refractivity contribution is 5.83. The molecular formula is C16H21N3O2. The Morgan fingerprint density at radius 2 is 2.00 bits per heavy atom. The minimum absolute atomic E-state index is 0.172. The Morgan fingerprint density at radius 1 is 1.29 bits per heavy atom. The van der Waals surface area contributed by atoms with Gasteiger partial charge in [0.05, 0.1) is 10.4 Å². The first-order chi connectivity index (χ1) is 10.0. The van der Waals surface area contributed by atoms with Crippen molar-refractivity contribution in [2.24, 2.45) is 5.92 Å². The van der Waals surface area contributed by atoms with Gasteiger partial charge in [-0.3, -0.25) is 10.1 Å². The zero-order chi connectivity index (χ0) is 15.0. The molecule has 112 valence electrons. The van der Waals surface area contributed by atoms with Gasteiger partial charge in [0.2, 0.25) is 0 Å². The van der Waals surface area contributed by atoms with Crippen molar-refractivity contribution in [1.29, 1.82) is 0 Å². The summed E-state index contributed by atoms with van der Waals surface area (Å²) < 4.78 is 2.25. The van der Waals surface area contributed by atoms with Crippen LogP contribution < -0.4 is 0 Å². The van der Waals surface area contributed by atoms with Crippen molar-refractivity contribution >= 4 is 16.6 Å². The summed E-state index contributed by atoms with van der Waals surface area (Å²) >= 11 is 0. The van der Waals surface area contributed by atoms with E-state index in [-0.39, 0.29) is 10.6 Å². The van der Waals surface area contributed by atoms with Gasteiger partial charge in [-0.15, -0.1) is 0 Å². The van der Waals surface area contributed by atoms with E-state index < -0.39 is 0 Å². The highest BCUT2D eigenvalue weighted by Gasteiger charge is 2.19. The zero-order valence-corrected chi connectivity index (χ0v) is 12.6. The van der Waals surface area contributed by atoms with E-state index in [0.717, 1.165) is 30.5 Å². The van der Waals surface area contributed by atoms with Gasteiger partial charge in [-0.2, -0.15) is 0 Å². The minimum atomic E-state index is -0.318. The lowest BCUT2D eigenvalue weighted by atomic mass is 9.97. The molecule has 0 aliphatic carbocycles. The van der Waals surface area contributed by atoms with Crippen LogP contribution in [0.3, 0.4) is 0 Å². The molecule has 0 N–H and O–H groups in total. The lowest BCUT2D eigenvalue weighted by molar-refractivity contribution is -0.384. The fraction of sp³-hybridized carbons (Fsp3) is 0.500. The molecule has 0 bridgehead atoms. The number of aromatic nitrogens is 1. The van der Waals surface area contributed by atoms with Crippen LogP contribution in [0.1, 0.15) is 18.5 Å². The molecule has 0 amide bonds. The van der Waals surface area contributed by atoms with Crippen molar-refractivity contribution in [2.45, 2.75) is 26.3 Å². The van der Waals surface area contributed by atoms with E-state index in [9.17, 15) is 10.1 Å². The van der Waals surface area contributed by atoms with Crippen molar-refractivity contribution in [2.75, 3.05) is 20.1 Å². The normalized spacial score (nSPS) is 17.4. The van der Waals surface area contributed by atoms with Crippen molar-refractivity contribution in [3.8, 4) is 0 Å². The number of hydrogen-bond acceptors (Lipinski definition) is 3. The number of fused-ring (bicyclic) bond motifs is 1. The largest absolute Gasteiger partial charge is 0.344 e. The lowest BCUT2D eigenvalue weighted by Gasteiger charge is -2.29. The molecule has 1 saturated heterocycles. The van der Waals surface area contributed by atoms with Crippen LogP contribution in [-0.2, 0) is 6.54 Å². The summed E-state index contributed by atoms with van der Waals surface area (Å²) in [6.45, 7) is 5.33. The smallest absolute Gasteiger partial charge is 0.271 e. The molecule has 0 saturated carbocycles. The summed E-state index contributed by atoms with van der Waals surface area (Å²) in [5.74, 6) is 0.662. The number of nitrogens with zero attached hydrogens (tertiary/aromatic N) is 3. The van der Waals surface area contributed by atoms with Gasteiger partial charge in [-0.1, -0.05) is 0 Å². The van der Waals surface area contributed by atoms with Crippen molar-refractivity contribution in [3.63, 3.8) is 0 Å². The molecule has 0 radical (unpaired) electrons. The third-order valence-corrected chi connectivity index (χ3v) is 4.58. The molecular weight excluding hydrogens is 266 g/mol. The summed E-state index contributed by atoms with van der Waals surface area (Å²) in [4.78, 5) is 13.0. The SMILES string of the molecule is Cc1cc2ccc([N+](=O)[O-])cc2n1CC1CCN(C)CC1. The molecule has 21 heavy (non-hydrogen) atoms. The van der Waals surface area contributed by atoms with E-state index in [1.54, 1.807) is 12.1 Å². The molecule has 1 fully saturated rings. The summed E-state index contributed by atoms with van der Waals surface area (Å²) in [6.07, 6.45) is 2.40. The van der Waals surface area contributed by atoms with E-state index in [0.29, 0.717) is 5.92 Å². The maximum atomic E-state index is 11.0. The summed E-state index contributed by atoms with van der Waals surface area (Å²) in [6, 6.07) is 7.26. The molecule has 5 nitrogen and oxygen atoms in total. The molecule has 2 aromatic rings. The monoisotopic (exact) mass is 287 g/mol. The van der Waals surface area contributed by atoms with Crippen LogP contribution in [0.4, 0.5) is 5.69 Å². The number of rotatable bonds is 3. The van der Waals surface area contributed by atoms with Crippen molar-refractivity contribution < 1.29 is 4.92 Å². The molecule has 0 atom stereocenters. The number of nitro groups is 1. The fourth-order valence-electron chi connectivity index (χ4n) is 3.24. The lowest BCUT2D eigenvalue weighted by Crippen LogP contribution is -2.32. The van der Waals surface area contributed by atoms with Crippen LogP contribution in [0.25, 0.3) is 10.9 Å². The zero-order valence-electron chi connectivity index (χ0n) is 12.6. The Morgan fingerprint density at radius 3 is 2.67 bits per heavy atom. The second kappa shape index (κ2) is 5.48. The molecule has 5 heteroatoms. The van der Waals surface area contributed by atoms with Gasteiger partial charge in [-0.25, -0.2) is 0 Å². The predicted molar refractivity (Wildman–Crippen MR) is 83.6 cm³/mol. The third-order valence-electron chi connectivity index (χ3n) is 4.58. The number of piperidine rings is 1. The quantitative estimate of drug-likeness (QED) is 0.643. The number of nitro benzene ring substituents is 1. The molecule has 1 aromatic heterocycles. The average Bonchev–Trinajstić information content (AvgIpc) is 2.77. The average molecular weight is 287 g/mol. The first-order valence-electron chi connectivity index (χ1n) is 7.47. The highest BCUT2D eigenvalue weighted by atomic mass is 16.6. The number of aryl methyl sites for hydroxylation is 1. The molecule has 1 aliphatic rings. The fourth-order valence-corrected chi connectivity index (χ4v) is 3.24. The Bertz CT molecular complexity index is 669. The van der Waals surface area contributed by atoms with E-state index in [1.807, 2.05) is 6.07 Å². The van der Waals surface area contributed by atoms with E-state index in [2.05, 4.69) is 29.5 Å². The van der Waals surface area contributed by atoms with E-state index in [1.165, 1.54) is 18.5 Å². The number of benzene rings is 1. The van der Waals surface area contributed by atoms with Gasteiger partial charge >= 0.3 is 0 Å². The summed E-state index contributed by atoms with van der Waals surface area (Å²) in [5, 5.41) is 12.1. The number of likely N-dealkylation sites (tertiary alicyclic amines) is 1. The summed E-state index contributed by atoms with van der Waals surface area (Å²) in [7, 11) is 2.16. The second-order valence-electron chi connectivity index (χ2n) is 6.14. The highest BCUT2D eigenvalue weighted by Crippen LogP contribution is 2.27. The van der Waals surface area contributed by atoms with Gasteiger partial charge in [-0.05, 0) is 58.0 Å². The topological polar surface area (TPSA) is 51.3 Å². The van der Waals surface area contributed by atoms with Crippen LogP contribution in [0.15, 0.2) is 24.3 Å². The summed E-state index contributed by atoms with van der Waals surface area (Å²) in [5.41, 5.74) is 2.34. The Kier molecular flexibility index (Phi) is 3.68. The van der Waals surface area contributed by atoms with E-state index in [4.69, 9.17) is 0 Å². The number of non-ortho nitro benzene ring substituents is 1. The van der Waals surface area contributed by atoms with Crippen LogP contribution >= 0.6 is 0 Å². The minimum Gasteiger partial charge on any atom is -0.344 e. The van der Waals surface area contributed by atoms with Crippen LogP contribution in [0, 0.1) is 23.0 Å². The Hall–Kier alpha value is -1.88. The van der Waals surface area contributed by atoms with Gasteiger partial charge in [0.1, 0.15) is 0 Å². The molecule has 0 unspecified atom stereocenters. The molecule has 2 heterocycles. The third kappa shape index (κ3) is 2.78. The first kappa shape index (κ1) is 14.1. The van der Waals surface area contributed by atoms with Crippen LogP contribution in [0.5, 0.6) is 0 Å². The van der Waals surface area contributed by atoms with E-state index >= 15 is 0 Å². The van der Waals surface area contributed by atoms with Gasteiger partial charge < -0.3 is 9.47 Å².